The van der Waals surface area contributed by atoms with Crippen LogP contribution in [0.3, 0.4) is 0 Å². The molecular formula is C26H34Br2N6O6S2. The Morgan fingerprint density at radius 3 is 1.83 bits per heavy atom. The molecule has 16 heteroatoms. The molecule has 2 aromatic rings. The van der Waals surface area contributed by atoms with Gasteiger partial charge in [0.1, 0.15) is 35.5 Å². The third-order valence-electron chi connectivity index (χ3n) is 5.36. The number of hydrazone groups is 2. The van der Waals surface area contributed by atoms with Crippen LogP contribution in [0, 0.1) is 0 Å². The van der Waals surface area contributed by atoms with Gasteiger partial charge in [-0.15, -0.1) is 0 Å². The van der Waals surface area contributed by atoms with E-state index in [-0.39, 0.29) is 15.9 Å². The largest absolute Gasteiger partial charge is 0.493 e. The fourth-order valence-corrected chi connectivity index (χ4v) is 4.56. The summed E-state index contributed by atoms with van der Waals surface area (Å²) in [6.07, 6.45) is -4.00. The summed E-state index contributed by atoms with van der Waals surface area (Å²) in [7, 11) is 0. The standard InChI is InChI=1S/C26H34Br2N6O6S2/c1-3-39-21-7-5-15(9-17(21)27)11-29-25(41)33-31-13-19(23(37)24(38)20(36)14-35)32-34-26(42)30-12-16-6-8-22(40-4-2)18(28)10-16/h5-10,13,20,23-24,35-38H,3-4,11-12,14H2,1-2H3,(H2,29,33,41)(H2,30,34,42)/b31-13-,32-19?. The van der Waals surface area contributed by atoms with E-state index < -0.39 is 24.9 Å². The maximum Gasteiger partial charge on any atom is 0.187 e. The van der Waals surface area contributed by atoms with Gasteiger partial charge in [-0.3, -0.25) is 10.9 Å². The zero-order valence-electron chi connectivity index (χ0n) is 22.9. The smallest absolute Gasteiger partial charge is 0.187 e. The minimum absolute atomic E-state index is 0.113. The first-order valence-corrected chi connectivity index (χ1v) is 15.2. The van der Waals surface area contributed by atoms with E-state index in [9.17, 15) is 15.3 Å². The number of thiocarbonyl (C=S) groups is 2. The second kappa shape index (κ2) is 19.0. The number of hydrogen-bond donors (Lipinski definition) is 8. The average molecular weight is 751 g/mol. The molecular weight excluding hydrogens is 716 g/mol. The lowest BCUT2D eigenvalue weighted by atomic mass is 10.0. The summed E-state index contributed by atoms with van der Waals surface area (Å²) in [5.74, 6) is 1.46. The molecule has 0 fully saturated rings. The minimum atomic E-state index is -1.76. The van der Waals surface area contributed by atoms with Crippen LogP contribution in [0.1, 0.15) is 25.0 Å². The van der Waals surface area contributed by atoms with Crippen molar-refractivity contribution < 1.29 is 29.9 Å². The number of hydrogen-bond acceptors (Lipinski definition) is 10. The van der Waals surface area contributed by atoms with Gasteiger partial charge in [0.15, 0.2) is 10.2 Å². The fraction of sp³-hybridized carbons (Fsp3) is 0.385. The molecule has 0 aliphatic carbocycles. The van der Waals surface area contributed by atoms with E-state index in [0.717, 1.165) is 37.8 Å². The van der Waals surface area contributed by atoms with Gasteiger partial charge in [0, 0.05) is 13.1 Å². The van der Waals surface area contributed by atoms with Gasteiger partial charge in [-0.25, -0.2) is 0 Å². The quantitative estimate of drug-likeness (QED) is 0.0759. The molecule has 0 heterocycles. The van der Waals surface area contributed by atoms with Crippen molar-refractivity contribution in [2.75, 3.05) is 19.8 Å². The highest BCUT2D eigenvalue weighted by Crippen LogP contribution is 2.26. The van der Waals surface area contributed by atoms with Crippen LogP contribution in [-0.2, 0) is 13.1 Å². The van der Waals surface area contributed by atoms with Gasteiger partial charge in [0.05, 0.1) is 35.0 Å². The van der Waals surface area contributed by atoms with E-state index in [1.54, 1.807) is 0 Å². The molecule has 0 saturated heterocycles. The maximum absolute atomic E-state index is 10.5. The molecule has 2 aromatic carbocycles. The number of rotatable bonds is 15. The van der Waals surface area contributed by atoms with Gasteiger partial charge in [-0.2, -0.15) is 10.2 Å². The normalized spacial score (nSPS) is 13.7. The Labute approximate surface area is 271 Å². The predicted octanol–water partition coefficient (Wildman–Crippen LogP) is 2.05. The van der Waals surface area contributed by atoms with Crippen LogP contribution in [0.4, 0.5) is 0 Å². The maximum atomic E-state index is 10.5. The van der Waals surface area contributed by atoms with E-state index >= 15 is 0 Å². The minimum Gasteiger partial charge on any atom is -0.493 e. The molecule has 230 valence electrons. The van der Waals surface area contributed by atoms with Crippen LogP contribution in [0.25, 0.3) is 0 Å². The summed E-state index contributed by atoms with van der Waals surface area (Å²) in [6, 6.07) is 11.2. The molecule has 3 atom stereocenters. The van der Waals surface area contributed by atoms with Gasteiger partial charge in [-0.1, -0.05) is 12.1 Å². The number of nitrogens with zero attached hydrogens (tertiary/aromatic N) is 2. The number of aliphatic hydroxyl groups is 4. The molecule has 0 saturated carbocycles. The molecule has 0 spiro atoms. The average Bonchev–Trinajstić information content (AvgIpc) is 2.98. The molecule has 0 radical (unpaired) electrons. The second-order valence-electron chi connectivity index (χ2n) is 8.46. The number of aliphatic hydroxyl groups excluding tert-OH is 4. The van der Waals surface area contributed by atoms with Crippen molar-refractivity contribution in [1.82, 2.24) is 21.5 Å². The monoisotopic (exact) mass is 748 g/mol. The fourth-order valence-electron chi connectivity index (χ4n) is 3.23. The van der Waals surface area contributed by atoms with Crippen molar-refractivity contribution in [3.05, 3.63) is 56.5 Å². The van der Waals surface area contributed by atoms with Crippen molar-refractivity contribution in [3.63, 3.8) is 0 Å². The van der Waals surface area contributed by atoms with Crippen molar-refractivity contribution in [2.24, 2.45) is 10.2 Å². The Balaban J connectivity index is 2.00. The van der Waals surface area contributed by atoms with Gasteiger partial charge in [-0.05, 0) is 106 Å². The van der Waals surface area contributed by atoms with Crippen molar-refractivity contribution >= 4 is 78.4 Å². The Bertz CT molecular complexity index is 1260. The number of nitrogens with one attached hydrogen (secondary N) is 4. The lowest BCUT2D eigenvalue weighted by Gasteiger charge is -2.21. The lowest BCUT2D eigenvalue weighted by molar-refractivity contribution is -0.0549. The number of halogens is 2. The van der Waals surface area contributed by atoms with Gasteiger partial charge in [0.25, 0.3) is 0 Å². The number of benzene rings is 2. The Morgan fingerprint density at radius 1 is 0.881 bits per heavy atom. The zero-order chi connectivity index (χ0) is 31.1. The van der Waals surface area contributed by atoms with Gasteiger partial charge >= 0.3 is 0 Å². The van der Waals surface area contributed by atoms with E-state index in [4.69, 9.17) is 39.0 Å². The van der Waals surface area contributed by atoms with Crippen molar-refractivity contribution in [2.45, 2.75) is 45.2 Å². The molecule has 0 aromatic heterocycles. The molecule has 3 unspecified atom stereocenters. The van der Waals surface area contributed by atoms with Gasteiger partial charge in [0.2, 0.25) is 0 Å². The summed E-state index contributed by atoms with van der Waals surface area (Å²) in [5, 5.41) is 53.9. The molecule has 0 amide bonds. The molecule has 12 nitrogen and oxygen atoms in total. The van der Waals surface area contributed by atoms with Crippen LogP contribution in [0.15, 0.2) is 55.5 Å². The summed E-state index contributed by atoms with van der Waals surface area (Å²) >= 11 is 17.4. The van der Waals surface area contributed by atoms with Crippen LogP contribution in [-0.4, -0.2) is 80.7 Å². The highest BCUT2D eigenvalue weighted by Gasteiger charge is 2.28. The molecule has 0 aliphatic heterocycles. The predicted molar refractivity (Wildman–Crippen MR) is 177 cm³/mol. The Kier molecular flexibility index (Phi) is 16.1. The van der Waals surface area contributed by atoms with Crippen molar-refractivity contribution in [1.29, 1.82) is 0 Å². The first kappa shape index (κ1) is 35.8. The van der Waals surface area contributed by atoms with E-state index in [1.165, 1.54) is 0 Å². The van der Waals surface area contributed by atoms with Crippen LogP contribution in [0.2, 0.25) is 0 Å². The van der Waals surface area contributed by atoms with Crippen molar-refractivity contribution in [3.8, 4) is 11.5 Å². The van der Waals surface area contributed by atoms with E-state index in [2.05, 4.69) is 63.5 Å². The summed E-state index contributed by atoms with van der Waals surface area (Å²) in [5.41, 5.74) is 6.80. The Hall–Kier alpha value is -2.44. The first-order chi connectivity index (χ1) is 20.1. The SMILES string of the molecule is CCOc1ccc(CNC(=S)NN=C(/C=N\NC(=S)NCc2ccc(OCC)c(Br)c2)C(O)C(O)C(O)CO)cc1Br. The molecule has 42 heavy (non-hydrogen) atoms. The van der Waals surface area contributed by atoms with E-state index in [1.807, 2.05) is 50.2 Å². The van der Waals surface area contributed by atoms with Crippen LogP contribution >= 0.6 is 56.3 Å². The first-order valence-electron chi connectivity index (χ1n) is 12.7. The molecule has 0 aliphatic rings. The van der Waals surface area contributed by atoms with Crippen LogP contribution in [0.5, 0.6) is 11.5 Å². The molecule has 0 bridgehead atoms. The molecule has 8 N–H and O–H groups in total. The third kappa shape index (κ3) is 12.0. The number of ether oxygens (including phenoxy) is 2. The highest BCUT2D eigenvalue weighted by atomic mass is 79.9. The third-order valence-corrected chi connectivity index (χ3v) is 7.07. The van der Waals surface area contributed by atoms with Crippen LogP contribution < -0.4 is 31.0 Å². The summed E-state index contributed by atoms with van der Waals surface area (Å²) < 4.78 is 12.6. The molecule has 2 rings (SSSR count). The second-order valence-corrected chi connectivity index (χ2v) is 11.0. The summed E-state index contributed by atoms with van der Waals surface area (Å²) in [6.45, 7) is 4.88. The summed E-state index contributed by atoms with van der Waals surface area (Å²) in [4.78, 5) is 0. The highest BCUT2D eigenvalue weighted by molar-refractivity contribution is 9.10. The van der Waals surface area contributed by atoms with E-state index in [0.29, 0.717) is 26.3 Å². The lowest BCUT2D eigenvalue weighted by Crippen LogP contribution is -2.45. The van der Waals surface area contributed by atoms with Gasteiger partial charge < -0.3 is 40.5 Å². The zero-order valence-corrected chi connectivity index (χ0v) is 27.7. The topological polar surface area (TPSA) is 172 Å². The Morgan fingerprint density at radius 2 is 1.38 bits per heavy atom.